The lowest BCUT2D eigenvalue weighted by Crippen LogP contribution is -2.49. The zero-order chi connectivity index (χ0) is 19.4. The topological polar surface area (TPSA) is 88.9 Å². The van der Waals surface area contributed by atoms with Gasteiger partial charge in [0.1, 0.15) is 17.5 Å². The Bertz CT molecular complexity index is 958. The summed E-state index contributed by atoms with van der Waals surface area (Å²) < 4.78 is 16.5. The molecule has 3 aliphatic heterocycles. The molecule has 8 nitrogen and oxygen atoms in total. The molecule has 8 heteroatoms. The molecule has 1 aromatic carbocycles. The van der Waals surface area contributed by atoms with Crippen LogP contribution in [0.2, 0.25) is 0 Å². The van der Waals surface area contributed by atoms with Gasteiger partial charge in [0.2, 0.25) is 12.7 Å². The van der Waals surface area contributed by atoms with Crippen LogP contribution in [0.25, 0.3) is 11.3 Å². The third kappa shape index (κ3) is 2.81. The third-order valence-electron chi connectivity index (χ3n) is 6.72. The summed E-state index contributed by atoms with van der Waals surface area (Å²) in [5.74, 6) is 2.89. The molecule has 1 saturated heterocycles. The first-order chi connectivity index (χ1) is 14.3. The fourth-order valence-corrected chi connectivity index (χ4v) is 5.15. The molecule has 2 fully saturated rings. The summed E-state index contributed by atoms with van der Waals surface area (Å²) in [4.78, 5) is 15.3. The molecule has 152 valence electrons. The van der Waals surface area contributed by atoms with Crippen molar-refractivity contribution >= 4 is 5.91 Å². The molecule has 3 unspecified atom stereocenters. The van der Waals surface area contributed by atoms with E-state index in [9.17, 15) is 4.79 Å². The van der Waals surface area contributed by atoms with Gasteiger partial charge in [-0.2, -0.15) is 0 Å². The van der Waals surface area contributed by atoms with Crippen molar-refractivity contribution in [1.82, 2.24) is 20.9 Å². The van der Waals surface area contributed by atoms with Gasteiger partial charge in [0.15, 0.2) is 11.5 Å². The molecule has 3 atom stereocenters. The lowest BCUT2D eigenvalue weighted by atomic mass is 9.81. The molecule has 4 aliphatic rings. The Hall–Kier alpha value is -2.58. The molecule has 0 spiro atoms. The predicted octanol–water partition coefficient (Wildman–Crippen LogP) is 1.99. The van der Waals surface area contributed by atoms with Crippen molar-refractivity contribution in [3.05, 3.63) is 29.5 Å². The van der Waals surface area contributed by atoms with Gasteiger partial charge in [0, 0.05) is 36.1 Å². The zero-order valence-electron chi connectivity index (χ0n) is 16.1. The van der Waals surface area contributed by atoms with Gasteiger partial charge in [-0.05, 0) is 31.0 Å². The highest BCUT2D eigenvalue weighted by molar-refractivity contribution is 5.83. The fraction of sp³-hybridized carbons (Fsp3) is 0.524. The summed E-state index contributed by atoms with van der Waals surface area (Å²) in [7, 11) is 0. The van der Waals surface area contributed by atoms with Gasteiger partial charge in [-0.3, -0.25) is 10.2 Å². The molecule has 0 radical (unpaired) electrons. The largest absolute Gasteiger partial charge is 0.454 e. The second-order valence-corrected chi connectivity index (χ2v) is 8.33. The second kappa shape index (κ2) is 6.74. The van der Waals surface area contributed by atoms with Crippen LogP contribution in [0.15, 0.2) is 22.7 Å². The number of nitrogens with zero attached hydrogens (tertiary/aromatic N) is 2. The fourth-order valence-electron chi connectivity index (χ4n) is 5.15. The van der Waals surface area contributed by atoms with E-state index in [2.05, 4.69) is 16.0 Å². The molecule has 1 aromatic heterocycles. The van der Waals surface area contributed by atoms with E-state index in [4.69, 9.17) is 14.0 Å². The van der Waals surface area contributed by atoms with E-state index in [-0.39, 0.29) is 18.7 Å². The smallest absolute Gasteiger partial charge is 0.241 e. The van der Waals surface area contributed by atoms with Gasteiger partial charge in [0.25, 0.3) is 0 Å². The molecule has 1 aliphatic carbocycles. The first-order valence-electron chi connectivity index (χ1n) is 10.5. The molecular weight excluding hydrogens is 372 g/mol. The van der Waals surface area contributed by atoms with Crippen molar-refractivity contribution in [1.29, 1.82) is 0 Å². The number of carbonyl (C=O) groups is 1. The van der Waals surface area contributed by atoms with E-state index in [1.807, 2.05) is 23.1 Å². The van der Waals surface area contributed by atoms with Gasteiger partial charge in [-0.25, -0.2) is 5.43 Å². The van der Waals surface area contributed by atoms with Crippen LogP contribution in [-0.2, 0) is 17.8 Å². The summed E-state index contributed by atoms with van der Waals surface area (Å²) >= 11 is 0. The van der Waals surface area contributed by atoms with Crippen molar-refractivity contribution in [3.8, 4) is 22.8 Å². The van der Waals surface area contributed by atoms with Crippen LogP contribution in [-0.4, -0.2) is 41.4 Å². The average molecular weight is 396 g/mol. The van der Waals surface area contributed by atoms with Crippen LogP contribution < -0.4 is 20.3 Å². The van der Waals surface area contributed by atoms with Crippen molar-refractivity contribution in [2.45, 2.75) is 50.7 Å². The lowest BCUT2D eigenvalue weighted by Gasteiger charge is -2.32. The maximum atomic E-state index is 13.3. The second-order valence-electron chi connectivity index (χ2n) is 8.33. The van der Waals surface area contributed by atoms with Gasteiger partial charge in [-0.1, -0.05) is 18.0 Å². The van der Waals surface area contributed by atoms with E-state index in [1.165, 1.54) is 12.8 Å². The lowest BCUT2D eigenvalue weighted by molar-refractivity contribution is -0.135. The Kier molecular flexibility index (Phi) is 4.02. The minimum Gasteiger partial charge on any atom is -0.454 e. The van der Waals surface area contributed by atoms with Crippen LogP contribution in [0.4, 0.5) is 0 Å². The quantitative estimate of drug-likeness (QED) is 0.802. The minimum atomic E-state index is -0.143. The number of hydrazine groups is 1. The molecule has 29 heavy (non-hydrogen) atoms. The Balaban J connectivity index is 1.25. The average Bonchev–Trinajstić information content (AvgIpc) is 3.49. The van der Waals surface area contributed by atoms with E-state index < -0.39 is 0 Å². The van der Waals surface area contributed by atoms with Gasteiger partial charge in [0.05, 0.1) is 6.54 Å². The number of hydrogen-bond donors (Lipinski definition) is 2. The molecule has 2 aromatic rings. The predicted molar refractivity (Wildman–Crippen MR) is 103 cm³/mol. The Morgan fingerprint density at radius 2 is 2.03 bits per heavy atom. The van der Waals surface area contributed by atoms with Crippen LogP contribution >= 0.6 is 0 Å². The van der Waals surface area contributed by atoms with Crippen molar-refractivity contribution < 1.29 is 18.8 Å². The zero-order valence-corrected chi connectivity index (χ0v) is 16.1. The first-order valence-corrected chi connectivity index (χ1v) is 10.5. The number of nitrogens with one attached hydrogen (secondary N) is 2. The van der Waals surface area contributed by atoms with Gasteiger partial charge >= 0.3 is 0 Å². The monoisotopic (exact) mass is 396 g/mol. The highest BCUT2D eigenvalue weighted by Gasteiger charge is 2.43. The van der Waals surface area contributed by atoms with E-state index >= 15 is 0 Å². The number of fused-ring (bicyclic) bond motifs is 3. The highest BCUT2D eigenvalue weighted by Crippen LogP contribution is 2.38. The number of amides is 1. The minimum absolute atomic E-state index is 0.143. The van der Waals surface area contributed by atoms with E-state index in [1.54, 1.807) is 0 Å². The molecule has 0 bridgehead atoms. The molecule has 2 N–H and O–H groups in total. The highest BCUT2D eigenvalue weighted by atomic mass is 16.7. The van der Waals surface area contributed by atoms with Gasteiger partial charge < -0.3 is 18.9 Å². The molecule has 6 rings (SSSR count). The maximum absolute atomic E-state index is 13.3. The molecule has 4 heterocycles. The summed E-state index contributed by atoms with van der Waals surface area (Å²) in [6.07, 6.45) is 5.38. The Labute approximate surface area is 168 Å². The van der Waals surface area contributed by atoms with Crippen molar-refractivity contribution in [2.24, 2.45) is 5.92 Å². The molecule has 1 saturated carbocycles. The van der Waals surface area contributed by atoms with Crippen LogP contribution in [0.5, 0.6) is 11.5 Å². The number of rotatable bonds is 2. The SMILES string of the molecule is O=C(C1NNC2CCCCC21)N1CCc2onc(-c3ccc4c(c3)OCO4)c2C1. The molecule has 1 amide bonds. The summed E-state index contributed by atoms with van der Waals surface area (Å²) in [5.41, 5.74) is 9.32. The number of benzene rings is 1. The first kappa shape index (κ1) is 17.3. The standard InChI is InChI=1S/C21H24N4O4/c26-21(20-13-3-1-2-4-15(13)22-23-20)25-8-7-16-14(10-25)19(24-29-16)12-5-6-17-18(9-12)28-11-27-17/h5-6,9,13,15,20,22-23H,1-4,7-8,10-11H2. The van der Waals surface area contributed by atoms with E-state index in [0.29, 0.717) is 37.2 Å². The summed E-state index contributed by atoms with van der Waals surface area (Å²) in [6, 6.07) is 6.05. The Morgan fingerprint density at radius 3 is 3.00 bits per heavy atom. The van der Waals surface area contributed by atoms with Crippen LogP contribution in [0.3, 0.4) is 0 Å². The van der Waals surface area contributed by atoms with Crippen LogP contribution in [0, 0.1) is 5.92 Å². The normalized spacial score (nSPS) is 27.6. The number of hydrogen-bond acceptors (Lipinski definition) is 7. The van der Waals surface area contributed by atoms with Crippen molar-refractivity contribution in [2.75, 3.05) is 13.3 Å². The maximum Gasteiger partial charge on any atom is 0.241 e. The molecular formula is C21H24N4O4. The number of carbonyl (C=O) groups excluding carboxylic acids is 1. The van der Waals surface area contributed by atoms with E-state index in [0.717, 1.165) is 41.2 Å². The number of aromatic nitrogens is 1. The van der Waals surface area contributed by atoms with Crippen molar-refractivity contribution in [3.63, 3.8) is 0 Å². The summed E-state index contributed by atoms with van der Waals surface area (Å²) in [5, 5.41) is 4.31. The van der Waals surface area contributed by atoms with Gasteiger partial charge in [-0.15, -0.1) is 0 Å². The Morgan fingerprint density at radius 1 is 1.14 bits per heavy atom. The summed E-state index contributed by atoms with van der Waals surface area (Å²) in [6.45, 7) is 1.43. The number of ether oxygens (including phenoxy) is 2. The third-order valence-corrected chi connectivity index (χ3v) is 6.72. The van der Waals surface area contributed by atoms with Crippen LogP contribution in [0.1, 0.15) is 37.0 Å².